The summed E-state index contributed by atoms with van der Waals surface area (Å²) in [6, 6.07) is 6.85. The van der Waals surface area contributed by atoms with E-state index in [2.05, 4.69) is 52.0 Å². The number of halogens is 1. The summed E-state index contributed by atoms with van der Waals surface area (Å²) in [5.74, 6) is 0. The Bertz CT molecular complexity index is 409. The van der Waals surface area contributed by atoms with Gasteiger partial charge in [0.2, 0.25) is 0 Å². The van der Waals surface area contributed by atoms with Gasteiger partial charge in [-0.05, 0) is 44.6 Å². The molecule has 1 atom stereocenters. The smallest absolute Gasteiger partial charge is 0.0692 e. The van der Waals surface area contributed by atoms with Crippen LogP contribution in [0.2, 0.25) is 0 Å². The summed E-state index contributed by atoms with van der Waals surface area (Å²) >= 11 is 3.53. The van der Waals surface area contributed by atoms with Crippen molar-refractivity contribution in [2.45, 2.75) is 25.5 Å². The molecule has 1 N–H and O–H groups in total. The van der Waals surface area contributed by atoms with Gasteiger partial charge in [-0.25, -0.2) is 0 Å². The first kappa shape index (κ1) is 13.8. The Morgan fingerprint density at radius 3 is 2.83 bits per heavy atom. The van der Waals surface area contributed by atoms with E-state index in [0.29, 0.717) is 6.04 Å². The highest BCUT2D eigenvalue weighted by atomic mass is 79.9. The fourth-order valence-electron chi connectivity index (χ4n) is 2.63. The van der Waals surface area contributed by atoms with Gasteiger partial charge in [0, 0.05) is 29.3 Å². The number of hydrogen-bond acceptors (Lipinski definition) is 3. The van der Waals surface area contributed by atoms with Gasteiger partial charge in [-0.15, -0.1) is 0 Å². The van der Waals surface area contributed by atoms with Crippen LogP contribution in [-0.4, -0.2) is 43.2 Å². The molecule has 0 amide bonds. The molecule has 1 saturated heterocycles. The normalized spacial score (nSPS) is 19.8. The Kier molecular flexibility index (Phi) is 4.65. The minimum absolute atomic E-state index is 0.0853. The first-order valence-corrected chi connectivity index (χ1v) is 7.21. The lowest BCUT2D eigenvalue weighted by Gasteiger charge is -2.29. The average molecular weight is 313 g/mol. The number of aliphatic hydroxyl groups excluding tert-OH is 1. The molecule has 3 nitrogen and oxygen atoms in total. The zero-order valence-corrected chi connectivity index (χ0v) is 12.7. The second-order valence-corrected chi connectivity index (χ2v) is 6.04. The molecule has 18 heavy (non-hydrogen) atoms. The molecular weight excluding hydrogens is 292 g/mol. The van der Waals surface area contributed by atoms with Crippen molar-refractivity contribution in [2.75, 3.05) is 32.1 Å². The molecule has 1 fully saturated rings. The van der Waals surface area contributed by atoms with E-state index in [0.717, 1.165) is 23.1 Å². The van der Waals surface area contributed by atoms with E-state index < -0.39 is 0 Å². The average Bonchev–Trinajstić information content (AvgIpc) is 2.76. The van der Waals surface area contributed by atoms with Crippen molar-refractivity contribution in [2.24, 2.45) is 0 Å². The van der Waals surface area contributed by atoms with Gasteiger partial charge < -0.3 is 14.9 Å². The summed E-state index contributed by atoms with van der Waals surface area (Å²) in [7, 11) is 4.25. The number of anilines is 1. The first-order chi connectivity index (χ1) is 8.61. The van der Waals surface area contributed by atoms with E-state index in [1.807, 2.05) is 6.07 Å². The summed E-state index contributed by atoms with van der Waals surface area (Å²) in [6.07, 6.45) is 2.52. The van der Waals surface area contributed by atoms with E-state index in [-0.39, 0.29) is 6.61 Å². The van der Waals surface area contributed by atoms with Crippen LogP contribution in [0.15, 0.2) is 22.7 Å². The predicted molar refractivity (Wildman–Crippen MR) is 79.0 cm³/mol. The van der Waals surface area contributed by atoms with Gasteiger partial charge in [0.25, 0.3) is 0 Å². The monoisotopic (exact) mass is 312 g/mol. The Labute approximate surface area is 118 Å². The second-order valence-electron chi connectivity index (χ2n) is 5.19. The SMILES string of the molecule is CN(C)CC1CCCN1c1ccc(CO)c(Br)c1. The van der Waals surface area contributed by atoms with Gasteiger partial charge in [0.15, 0.2) is 0 Å². The fourth-order valence-corrected chi connectivity index (χ4v) is 3.12. The Morgan fingerprint density at radius 1 is 1.44 bits per heavy atom. The molecule has 0 aliphatic carbocycles. The topological polar surface area (TPSA) is 26.7 Å². The van der Waals surface area contributed by atoms with Crippen molar-refractivity contribution in [3.8, 4) is 0 Å². The standard InChI is InChI=1S/C14H21BrN2O/c1-16(2)9-13-4-3-7-17(13)12-6-5-11(10-18)14(15)8-12/h5-6,8,13,18H,3-4,7,9-10H2,1-2H3. The Hall–Kier alpha value is -0.580. The van der Waals surface area contributed by atoms with E-state index in [4.69, 9.17) is 0 Å². The Balaban J connectivity index is 2.17. The molecule has 0 radical (unpaired) electrons. The number of aliphatic hydroxyl groups is 1. The molecule has 1 aliphatic rings. The van der Waals surface area contributed by atoms with Gasteiger partial charge in [-0.2, -0.15) is 0 Å². The van der Waals surface area contributed by atoms with E-state index in [1.54, 1.807) is 0 Å². The van der Waals surface area contributed by atoms with Crippen LogP contribution in [0.4, 0.5) is 5.69 Å². The second kappa shape index (κ2) is 6.04. The van der Waals surface area contributed by atoms with Gasteiger partial charge in [-0.3, -0.25) is 0 Å². The fraction of sp³-hybridized carbons (Fsp3) is 0.571. The molecule has 1 heterocycles. The minimum Gasteiger partial charge on any atom is -0.392 e. The summed E-state index contributed by atoms with van der Waals surface area (Å²) in [5, 5.41) is 9.20. The molecule has 100 valence electrons. The van der Waals surface area contributed by atoms with Gasteiger partial charge in [0.1, 0.15) is 0 Å². The number of rotatable bonds is 4. The highest BCUT2D eigenvalue weighted by Gasteiger charge is 2.25. The lowest BCUT2D eigenvalue weighted by molar-refractivity contribution is 0.281. The minimum atomic E-state index is 0.0853. The van der Waals surface area contributed by atoms with Gasteiger partial charge in [-0.1, -0.05) is 22.0 Å². The maximum Gasteiger partial charge on any atom is 0.0692 e. The molecule has 2 rings (SSSR count). The summed E-state index contributed by atoms with van der Waals surface area (Å²) in [5.41, 5.74) is 2.20. The molecule has 1 aliphatic heterocycles. The van der Waals surface area contributed by atoms with Crippen LogP contribution in [0.25, 0.3) is 0 Å². The van der Waals surface area contributed by atoms with Crippen LogP contribution in [0.1, 0.15) is 18.4 Å². The summed E-state index contributed by atoms with van der Waals surface area (Å²) in [6.45, 7) is 2.31. The third-order valence-electron chi connectivity index (χ3n) is 3.49. The largest absolute Gasteiger partial charge is 0.392 e. The van der Waals surface area contributed by atoms with E-state index in [9.17, 15) is 5.11 Å². The van der Waals surface area contributed by atoms with Gasteiger partial charge >= 0.3 is 0 Å². The molecule has 4 heteroatoms. The number of benzene rings is 1. The third-order valence-corrected chi connectivity index (χ3v) is 4.23. The molecule has 1 aromatic carbocycles. The Morgan fingerprint density at radius 2 is 2.22 bits per heavy atom. The van der Waals surface area contributed by atoms with Crippen LogP contribution in [0.5, 0.6) is 0 Å². The van der Waals surface area contributed by atoms with E-state index in [1.165, 1.54) is 18.5 Å². The molecule has 0 aromatic heterocycles. The van der Waals surface area contributed by atoms with Crippen molar-refractivity contribution in [1.29, 1.82) is 0 Å². The van der Waals surface area contributed by atoms with Crippen molar-refractivity contribution in [3.05, 3.63) is 28.2 Å². The maximum atomic E-state index is 9.20. The first-order valence-electron chi connectivity index (χ1n) is 6.42. The zero-order valence-electron chi connectivity index (χ0n) is 11.1. The van der Waals surface area contributed by atoms with Crippen molar-refractivity contribution in [1.82, 2.24) is 4.90 Å². The molecule has 0 bridgehead atoms. The van der Waals surface area contributed by atoms with Crippen molar-refractivity contribution >= 4 is 21.6 Å². The predicted octanol–water partition coefficient (Wildman–Crippen LogP) is 2.47. The lowest BCUT2D eigenvalue weighted by atomic mass is 10.1. The highest BCUT2D eigenvalue weighted by molar-refractivity contribution is 9.10. The highest BCUT2D eigenvalue weighted by Crippen LogP contribution is 2.29. The molecule has 0 spiro atoms. The van der Waals surface area contributed by atoms with Crippen molar-refractivity contribution in [3.63, 3.8) is 0 Å². The van der Waals surface area contributed by atoms with Crippen LogP contribution in [0.3, 0.4) is 0 Å². The quantitative estimate of drug-likeness (QED) is 0.925. The maximum absolute atomic E-state index is 9.20. The molecule has 1 unspecified atom stereocenters. The molecular formula is C14H21BrN2O. The number of nitrogens with zero attached hydrogens (tertiary/aromatic N) is 2. The number of hydrogen-bond donors (Lipinski definition) is 1. The zero-order chi connectivity index (χ0) is 13.1. The van der Waals surface area contributed by atoms with Crippen molar-refractivity contribution < 1.29 is 5.11 Å². The van der Waals surface area contributed by atoms with Crippen LogP contribution in [0, 0.1) is 0 Å². The van der Waals surface area contributed by atoms with Crippen LogP contribution in [-0.2, 0) is 6.61 Å². The van der Waals surface area contributed by atoms with Crippen LogP contribution >= 0.6 is 15.9 Å². The van der Waals surface area contributed by atoms with Crippen LogP contribution < -0.4 is 4.90 Å². The number of likely N-dealkylation sites (N-methyl/N-ethyl adjacent to an activating group) is 1. The van der Waals surface area contributed by atoms with Gasteiger partial charge in [0.05, 0.1) is 6.61 Å². The summed E-state index contributed by atoms with van der Waals surface area (Å²) in [4.78, 5) is 4.73. The summed E-state index contributed by atoms with van der Waals surface area (Å²) < 4.78 is 0.998. The molecule has 1 aromatic rings. The molecule has 0 saturated carbocycles. The third kappa shape index (κ3) is 3.05. The van der Waals surface area contributed by atoms with E-state index >= 15 is 0 Å². The lowest BCUT2D eigenvalue weighted by Crippen LogP contribution is -2.37.